The van der Waals surface area contributed by atoms with Gasteiger partial charge in [0, 0.05) is 12.0 Å². The van der Waals surface area contributed by atoms with Crippen LogP contribution in [0.4, 0.5) is 9.18 Å². The Labute approximate surface area is 176 Å². The smallest absolute Gasteiger partial charge is 0.319 e. The van der Waals surface area contributed by atoms with Gasteiger partial charge >= 0.3 is 6.03 Å². The molecule has 6 heteroatoms. The predicted octanol–water partition coefficient (Wildman–Crippen LogP) is 4.19. The van der Waals surface area contributed by atoms with Crippen LogP contribution in [-0.4, -0.2) is 40.8 Å². The maximum absolute atomic E-state index is 13.4. The molecule has 2 amide bonds. The number of nitriles is 1. The van der Waals surface area contributed by atoms with Crippen molar-refractivity contribution in [3.8, 4) is 17.2 Å². The Bertz CT molecular complexity index is 934. The maximum atomic E-state index is 13.4. The molecule has 2 aromatic rings. The summed E-state index contributed by atoms with van der Waals surface area (Å²) in [5.41, 5.74) is 2.61. The van der Waals surface area contributed by atoms with Gasteiger partial charge in [-0.25, -0.2) is 9.18 Å². The van der Waals surface area contributed by atoms with E-state index in [1.165, 1.54) is 23.5 Å². The van der Waals surface area contributed by atoms with Gasteiger partial charge in [0.1, 0.15) is 11.9 Å². The molecule has 1 saturated heterocycles. The average molecular weight is 407 g/mol. The minimum absolute atomic E-state index is 0.135. The van der Waals surface area contributed by atoms with Gasteiger partial charge in [0.2, 0.25) is 0 Å². The van der Waals surface area contributed by atoms with E-state index in [-0.39, 0.29) is 30.4 Å². The molecule has 0 bridgehead atoms. The van der Waals surface area contributed by atoms with Crippen LogP contribution in [0.15, 0.2) is 48.5 Å². The van der Waals surface area contributed by atoms with E-state index in [2.05, 4.69) is 11.4 Å². The van der Waals surface area contributed by atoms with Crippen molar-refractivity contribution in [3.05, 3.63) is 59.9 Å². The third-order valence-electron chi connectivity index (χ3n) is 6.37. The van der Waals surface area contributed by atoms with E-state index in [0.717, 1.165) is 42.4 Å². The number of carbonyl (C=O) groups is 1. The number of halogens is 1. The first-order valence-electron chi connectivity index (χ1n) is 10.6. The molecular weight excluding hydrogens is 381 g/mol. The van der Waals surface area contributed by atoms with Gasteiger partial charge in [0.05, 0.1) is 18.7 Å². The Morgan fingerprint density at radius 2 is 1.83 bits per heavy atom. The Kier molecular flexibility index (Phi) is 6.01. The molecular formula is C24H26FN3O2. The molecule has 3 atom stereocenters. The number of likely N-dealkylation sites (tertiary alicyclic amines) is 1. The first-order valence-corrected chi connectivity index (χ1v) is 10.6. The first kappa shape index (κ1) is 20.4. The van der Waals surface area contributed by atoms with Gasteiger partial charge in [-0.2, -0.15) is 5.26 Å². The van der Waals surface area contributed by atoms with Crippen molar-refractivity contribution in [2.75, 3.05) is 6.61 Å². The van der Waals surface area contributed by atoms with E-state index in [4.69, 9.17) is 0 Å². The van der Waals surface area contributed by atoms with Gasteiger partial charge in [-0.3, -0.25) is 0 Å². The molecule has 0 aromatic heterocycles. The van der Waals surface area contributed by atoms with Gasteiger partial charge in [-0.15, -0.1) is 0 Å². The minimum Gasteiger partial charge on any atom is -0.394 e. The van der Waals surface area contributed by atoms with Crippen molar-refractivity contribution in [1.29, 1.82) is 5.26 Å². The monoisotopic (exact) mass is 407 g/mol. The fraction of sp³-hybridized carbons (Fsp3) is 0.417. The molecule has 5 nitrogen and oxygen atoms in total. The number of hydrogen-bond acceptors (Lipinski definition) is 3. The van der Waals surface area contributed by atoms with Crippen LogP contribution in [-0.2, 0) is 0 Å². The van der Waals surface area contributed by atoms with Crippen LogP contribution in [0.25, 0.3) is 11.1 Å². The number of nitrogens with one attached hydrogen (secondary N) is 1. The number of hydrogen-bond donors (Lipinski definition) is 2. The number of aliphatic hydroxyl groups excluding tert-OH is 1. The lowest BCUT2D eigenvalue weighted by Gasteiger charge is -2.52. The molecule has 2 aliphatic rings. The van der Waals surface area contributed by atoms with Crippen LogP contribution in [0, 0.1) is 17.1 Å². The molecule has 4 rings (SSSR count). The molecule has 0 radical (unpaired) electrons. The molecule has 1 aliphatic heterocycles. The highest BCUT2D eigenvalue weighted by Gasteiger charge is 2.52. The largest absolute Gasteiger partial charge is 0.394 e. The summed E-state index contributed by atoms with van der Waals surface area (Å²) in [4.78, 5) is 14.4. The number of rotatable bonds is 4. The third-order valence-corrected chi connectivity index (χ3v) is 6.37. The average Bonchev–Trinajstić information content (AvgIpc) is 2.75. The maximum Gasteiger partial charge on any atom is 0.319 e. The van der Waals surface area contributed by atoms with Crippen molar-refractivity contribution >= 4 is 6.03 Å². The summed E-state index contributed by atoms with van der Waals surface area (Å²) in [5, 5.41) is 23.0. The van der Waals surface area contributed by atoms with Crippen molar-refractivity contribution in [2.24, 2.45) is 0 Å². The van der Waals surface area contributed by atoms with Crippen molar-refractivity contribution in [1.82, 2.24) is 10.2 Å². The summed E-state index contributed by atoms with van der Waals surface area (Å²) in [5.74, 6) is -0.619. The third kappa shape index (κ3) is 3.78. The quantitative estimate of drug-likeness (QED) is 0.798. The molecule has 156 valence electrons. The van der Waals surface area contributed by atoms with E-state index >= 15 is 0 Å². The van der Waals surface area contributed by atoms with Crippen LogP contribution in [0.5, 0.6) is 0 Å². The van der Waals surface area contributed by atoms with Crippen LogP contribution in [0.3, 0.4) is 0 Å². The standard InChI is InChI=1S/C24H26FN3O2/c25-17-12-10-16(11-13-17)19-8-4-5-9-20(19)23-21(14-26)28(22(23)15-29)24(30)27-18-6-2-1-3-7-18/h4-5,8-13,18,21-23,29H,1-3,6-7,15H2,(H,27,30)/t21-,22+,23+/m0/s1. The lowest BCUT2D eigenvalue weighted by molar-refractivity contribution is 0.0155. The molecule has 2 fully saturated rings. The van der Waals surface area contributed by atoms with Gasteiger partial charge in [-0.05, 0) is 41.7 Å². The topological polar surface area (TPSA) is 76.4 Å². The molecule has 2 N–H and O–H groups in total. The molecule has 1 saturated carbocycles. The van der Waals surface area contributed by atoms with Crippen molar-refractivity contribution < 1.29 is 14.3 Å². The molecule has 1 aliphatic carbocycles. The second-order valence-electron chi connectivity index (χ2n) is 8.14. The zero-order valence-corrected chi connectivity index (χ0v) is 16.8. The van der Waals surface area contributed by atoms with Crippen molar-refractivity contribution in [3.63, 3.8) is 0 Å². The zero-order valence-electron chi connectivity index (χ0n) is 16.8. The number of nitrogens with zero attached hydrogens (tertiary/aromatic N) is 2. The van der Waals surface area contributed by atoms with E-state index in [9.17, 15) is 19.6 Å². The SMILES string of the molecule is N#C[C@H]1[C@@H](c2ccccc2-c2ccc(F)cc2)[C@@H](CO)N1C(=O)NC1CCCCC1. The second kappa shape index (κ2) is 8.85. The first-order chi connectivity index (χ1) is 14.6. The van der Waals surface area contributed by atoms with Crippen LogP contribution >= 0.6 is 0 Å². The molecule has 0 spiro atoms. The Morgan fingerprint density at radius 3 is 2.50 bits per heavy atom. The molecule has 1 heterocycles. The highest BCUT2D eigenvalue weighted by atomic mass is 19.1. The molecule has 30 heavy (non-hydrogen) atoms. The second-order valence-corrected chi connectivity index (χ2v) is 8.14. The summed E-state index contributed by atoms with van der Waals surface area (Å²) >= 11 is 0. The van der Waals surface area contributed by atoms with Gasteiger partial charge in [0.25, 0.3) is 0 Å². The van der Waals surface area contributed by atoms with Gasteiger partial charge in [-0.1, -0.05) is 55.7 Å². The summed E-state index contributed by atoms with van der Waals surface area (Å²) in [6.45, 7) is -0.224. The Morgan fingerprint density at radius 1 is 1.13 bits per heavy atom. The van der Waals surface area contributed by atoms with E-state index in [1.54, 1.807) is 12.1 Å². The van der Waals surface area contributed by atoms with Crippen molar-refractivity contribution in [2.45, 2.75) is 56.1 Å². The zero-order chi connectivity index (χ0) is 21.1. The minimum atomic E-state index is -0.660. The van der Waals surface area contributed by atoms with Gasteiger partial charge < -0.3 is 15.3 Å². The Balaban J connectivity index is 1.60. The van der Waals surface area contributed by atoms with Crippen LogP contribution in [0.2, 0.25) is 0 Å². The van der Waals surface area contributed by atoms with E-state index in [0.29, 0.717) is 0 Å². The lowest BCUT2D eigenvalue weighted by atomic mass is 9.73. The molecule has 0 unspecified atom stereocenters. The highest BCUT2D eigenvalue weighted by Crippen LogP contribution is 2.44. The number of benzene rings is 2. The number of amides is 2. The predicted molar refractivity (Wildman–Crippen MR) is 112 cm³/mol. The number of carbonyl (C=O) groups excluding carboxylic acids is 1. The summed E-state index contributed by atoms with van der Waals surface area (Å²) in [6, 6.07) is 14.8. The summed E-state index contributed by atoms with van der Waals surface area (Å²) < 4.78 is 13.4. The Hall–Kier alpha value is -2.91. The summed E-state index contributed by atoms with van der Waals surface area (Å²) in [7, 11) is 0. The fourth-order valence-corrected chi connectivity index (χ4v) is 4.84. The normalized spacial score (nSPS) is 24.0. The van der Waals surface area contributed by atoms with E-state index < -0.39 is 12.1 Å². The number of aliphatic hydroxyl groups is 1. The summed E-state index contributed by atoms with van der Waals surface area (Å²) in [6.07, 6.45) is 5.31. The number of urea groups is 1. The lowest BCUT2D eigenvalue weighted by Crippen LogP contribution is -2.68. The highest BCUT2D eigenvalue weighted by molar-refractivity contribution is 5.79. The molecule has 2 aromatic carbocycles. The van der Waals surface area contributed by atoms with Gasteiger partial charge in [0.15, 0.2) is 0 Å². The van der Waals surface area contributed by atoms with Crippen LogP contribution in [0.1, 0.15) is 43.6 Å². The van der Waals surface area contributed by atoms with Crippen LogP contribution < -0.4 is 5.32 Å². The fourth-order valence-electron chi connectivity index (χ4n) is 4.84. The van der Waals surface area contributed by atoms with E-state index in [1.807, 2.05) is 24.3 Å².